The van der Waals surface area contributed by atoms with E-state index in [1.54, 1.807) is 7.05 Å². The molecule has 0 spiro atoms. The zero-order valence-corrected chi connectivity index (χ0v) is 15.1. The summed E-state index contributed by atoms with van der Waals surface area (Å²) in [5.41, 5.74) is 5.17. The van der Waals surface area contributed by atoms with E-state index in [0.29, 0.717) is 0 Å². The molecule has 0 aliphatic carbocycles. The number of hydrogen-bond donors (Lipinski definition) is 2. The zero-order chi connectivity index (χ0) is 17.4. The number of rotatable bonds is 6. The van der Waals surface area contributed by atoms with Gasteiger partial charge in [0.15, 0.2) is 5.96 Å². The van der Waals surface area contributed by atoms with Crippen molar-refractivity contribution in [3.8, 4) is 0 Å². The van der Waals surface area contributed by atoms with Crippen LogP contribution >= 0.6 is 0 Å². The summed E-state index contributed by atoms with van der Waals surface area (Å²) in [5.74, 6) is 0.828. The Morgan fingerprint density at radius 1 is 1.21 bits per heavy atom. The van der Waals surface area contributed by atoms with Gasteiger partial charge in [0.25, 0.3) is 0 Å². The average molecular weight is 324 g/mol. The Bertz CT molecular complexity index is 662. The molecule has 0 saturated heterocycles. The second-order valence-corrected chi connectivity index (χ2v) is 6.01. The molecule has 0 amide bonds. The largest absolute Gasteiger partial charge is 0.356 e. The van der Waals surface area contributed by atoms with E-state index in [0.717, 1.165) is 25.3 Å². The number of pyridine rings is 1. The van der Waals surface area contributed by atoms with Crippen LogP contribution in [0.4, 0.5) is 0 Å². The van der Waals surface area contributed by atoms with E-state index >= 15 is 0 Å². The molecule has 0 aliphatic heterocycles. The van der Waals surface area contributed by atoms with Crippen LogP contribution in [0.3, 0.4) is 0 Å². The highest BCUT2D eigenvalue weighted by atomic mass is 15.2. The van der Waals surface area contributed by atoms with Crippen LogP contribution in [0.1, 0.15) is 42.1 Å². The van der Waals surface area contributed by atoms with Gasteiger partial charge in [0.2, 0.25) is 0 Å². The van der Waals surface area contributed by atoms with Gasteiger partial charge in [-0.1, -0.05) is 31.2 Å². The van der Waals surface area contributed by atoms with Gasteiger partial charge in [-0.25, -0.2) is 0 Å². The molecule has 4 heteroatoms. The van der Waals surface area contributed by atoms with E-state index in [4.69, 9.17) is 0 Å². The lowest BCUT2D eigenvalue weighted by atomic mass is 10.1. The van der Waals surface area contributed by atoms with Crippen LogP contribution in [0.25, 0.3) is 0 Å². The molecule has 0 aliphatic rings. The highest BCUT2D eigenvalue weighted by Gasteiger charge is 2.07. The topological polar surface area (TPSA) is 49.3 Å². The fourth-order valence-electron chi connectivity index (χ4n) is 2.62. The second kappa shape index (κ2) is 9.06. The third-order valence-electron chi connectivity index (χ3n) is 4.29. The van der Waals surface area contributed by atoms with Gasteiger partial charge in [-0.2, -0.15) is 0 Å². The summed E-state index contributed by atoms with van der Waals surface area (Å²) in [6.45, 7) is 7.26. The molecule has 0 radical (unpaired) electrons. The van der Waals surface area contributed by atoms with Crippen LogP contribution in [0.5, 0.6) is 0 Å². The van der Waals surface area contributed by atoms with Gasteiger partial charge in [-0.05, 0) is 55.0 Å². The molecule has 1 heterocycles. The highest BCUT2D eigenvalue weighted by molar-refractivity contribution is 5.80. The number of nitrogens with one attached hydrogen (secondary N) is 2. The summed E-state index contributed by atoms with van der Waals surface area (Å²) >= 11 is 0. The summed E-state index contributed by atoms with van der Waals surface area (Å²) in [4.78, 5) is 8.46. The third-order valence-corrected chi connectivity index (χ3v) is 4.29. The fraction of sp³-hybridized carbons (Fsp3) is 0.400. The van der Waals surface area contributed by atoms with Gasteiger partial charge in [0, 0.05) is 26.0 Å². The molecule has 2 N–H and O–H groups in total. The number of guanidine groups is 1. The van der Waals surface area contributed by atoms with Crippen molar-refractivity contribution < 1.29 is 0 Å². The molecule has 1 unspecified atom stereocenters. The minimum atomic E-state index is 0.213. The number of hydrogen-bond acceptors (Lipinski definition) is 2. The lowest BCUT2D eigenvalue weighted by molar-refractivity contribution is 0.683. The van der Waals surface area contributed by atoms with Crippen LogP contribution in [0.15, 0.2) is 47.7 Å². The minimum absolute atomic E-state index is 0.213. The van der Waals surface area contributed by atoms with Crippen molar-refractivity contribution in [1.82, 2.24) is 15.6 Å². The van der Waals surface area contributed by atoms with Crippen molar-refractivity contribution in [1.29, 1.82) is 0 Å². The summed E-state index contributed by atoms with van der Waals surface area (Å²) < 4.78 is 0. The monoisotopic (exact) mass is 324 g/mol. The maximum absolute atomic E-state index is 4.32. The third kappa shape index (κ3) is 5.08. The number of nitrogens with zero attached hydrogens (tertiary/aromatic N) is 2. The van der Waals surface area contributed by atoms with Crippen molar-refractivity contribution >= 4 is 5.96 Å². The fourth-order valence-corrected chi connectivity index (χ4v) is 2.62. The predicted molar refractivity (Wildman–Crippen MR) is 101 cm³/mol. The van der Waals surface area contributed by atoms with Crippen molar-refractivity contribution in [2.75, 3.05) is 13.6 Å². The van der Waals surface area contributed by atoms with E-state index in [-0.39, 0.29) is 6.04 Å². The molecule has 4 nitrogen and oxygen atoms in total. The Morgan fingerprint density at radius 2 is 1.96 bits per heavy atom. The van der Waals surface area contributed by atoms with E-state index in [1.807, 2.05) is 12.4 Å². The summed E-state index contributed by atoms with van der Waals surface area (Å²) in [5, 5.41) is 6.83. The molecule has 0 fully saturated rings. The number of aryl methyl sites for hydroxylation is 2. The van der Waals surface area contributed by atoms with Crippen LogP contribution in [-0.4, -0.2) is 24.5 Å². The smallest absolute Gasteiger partial charge is 0.191 e. The maximum atomic E-state index is 4.32. The minimum Gasteiger partial charge on any atom is -0.356 e. The predicted octanol–water partition coefficient (Wildman–Crippen LogP) is 3.42. The molecular formula is C20H28N4. The van der Waals surface area contributed by atoms with Gasteiger partial charge in [-0.3, -0.25) is 9.98 Å². The van der Waals surface area contributed by atoms with E-state index in [2.05, 4.69) is 71.7 Å². The van der Waals surface area contributed by atoms with Gasteiger partial charge in [0.1, 0.15) is 0 Å². The van der Waals surface area contributed by atoms with Gasteiger partial charge in [0.05, 0.1) is 6.04 Å². The number of benzene rings is 1. The second-order valence-electron chi connectivity index (χ2n) is 6.01. The SMILES string of the molecule is CCc1ccc(C(C)NC(=NC)NCCc2ccncc2C)cc1. The molecule has 0 saturated carbocycles. The van der Waals surface area contributed by atoms with Crippen molar-refractivity contribution in [3.05, 3.63) is 65.0 Å². The molecule has 1 aromatic heterocycles. The lowest BCUT2D eigenvalue weighted by Crippen LogP contribution is -2.39. The van der Waals surface area contributed by atoms with Gasteiger partial charge >= 0.3 is 0 Å². The Kier molecular flexibility index (Phi) is 6.79. The first-order chi connectivity index (χ1) is 11.6. The molecule has 1 atom stereocenters. The first-order valence-electron chi connectivity index (χ1n) is 8.59. The molecule has 2 aromatic rings. The van der Waals surface area contributed by atoms with Crippen molar-refractivity contribution in [3.63, 3.8) is 0 Å². The van der Waals surface area contributed by atoms with E-state index in [9.17, 15) is 0 Å². The Hall–Kier alpha value is -2.36. The first-order valence-corrected chi connectivity index (χ1v) is 8.59. The molecule has 1 aromatic carbocycles. The van der Waals surface area contributed by atoms with Crippen LogP contribution in [0.2, 0.25) is 0 Å². The zero-order valence-electron chi connectivity index (χ0n) is 15.1. The maximum Gasteiger partial charge on any atom is 0.191 e. The van der Waals surface area contributed by atoms with Crippen LogP contribution < -0.4 is 10.6 Å². The molecule has 24 heavy (non-hydrogen) atoms. The number of aliphatic imine (C=N–C) groups is 1. The van der Waals surface area contributed by atoms with Gasteiger partial charge in [-0.15, -0.1) is 0 Å². The van der Waals surface area contributed by atoms with E-state index < -0.39 is 0 Å². The quantitative estimate of drug-likeness (QED) is 0.632. The summed E-state index contributed by atoms with van der Waals surface area (Å²) in [7, 11) is 1.81. The Morgan fingerprint density at radius 3 is 2.58 bits per heavy atom. The van der Waals surface area contributed by atoms with Crippen molar-refractivity contribution in [2.24, 2.45) is 4.99 Å². The lowest BCUT2D eigenvalue weighted by Gasteiger charge is -2.18. The van der Waals surface area contributed by atoms with E-state index in [1.165, 1.54) is 22.3 Å². The molecule has 2 rings (SSSR count). The molecular weight excluding hydrogens is 296 g/mol. The van der Waals surface area contributed by atoms with Crippen molar-refractivity contribution in [2.45, 2.75) is 39.7 Å². The normalized spacial score (nSPS) is 12.8. The average Bonchev–Trinajstić information content (AvgIpc) is 2.62. The standard InChI is InChI=1S/C20H28N4/c1-5-17-6-8-19(9-7-17)16(3)24-20(21-4)23-13-11-18-10-12-22-14-15(18)2/h6-10,12,14,16H,5,11,13H2,1-4H3,(H2,21,23,24). The summed E-state index contributed by atoms with van der Waals surface area (Å²) in [6.07, 6.45) is 5.77. The van der Waals surface area contributed by atoms with Crippen LogP contribution in [-0.2, 0) is 12.8 Å². The Labute approximate surface area is 145 Å². The van der Waals surface area contributed by atoms with Gasteiger partial charge < -0.3 is 10.6 Å². The summed E-state index contributed by atoms with van der Waals surface area (Å²) in [6, 6.07) is 11.0. The highest BCUT2D eigenvalue weighted by Crippen LogP contribution is 2.13. The Balaban J connectivity index is 1.86. The molecule has 0 bridgehead atoms. The van der Waals surface area contributed by atoms with Crippen LogP contribution in [0, 0.1) is 6.92 Å². The molecule has 128 valence electrons. The number of aromatic nitrogens is 1. The first kappa shape index (κ1) is 18.0.